The zero-order valence-corrected chi connectivity index (χ0v) is 32.5. The predicted molar refractivity (Wildman–Crippen MR) is 194 cm³/mol. The lowest BCUT2D eigenvalue weighted by Gasteiger charge is -2.41. The minimum atomic E-state index is -3.61. The molecule has 0 radical (unpaired) electrons. The molecule has 288 valence electrons. The maximum Gasteiger partial charge on any atom is 0.315 e. The fourth-order valence-corrected chi connectivity index (χ4v) is 10.8. The van der Waals surface area contributed by atoms with Crippen LogP contribution in [-0.4, -0.2) is 102 Å². The lowest BCUT2D eigenvalue weighted by Crippen LogP contribution is -2.64. The minimum absolute atomic E-state index is 0.00559. The zero-order chi connectivity index (χ0) is 37.4. The average molecular weight is 735 g/mol. The van der Waals surface area contributed by atoms with E-state index in [-0.39, 0.29) is 29.0 Å². The number of hydrogen-bond donors (Lipinski definition) is 4. The summed E-state index contributed by atoms with van der Waals surface area (Å²) >= 11 is 0. The molecule has 0 bridgehead atoms. The third-order valence-electron chi connectivity index (χ3n) is 12.1. The van der Waals surface area contributed by atoms with Crippen LogP contribution in [0.15, 0.2) is 0 Å². The van der Waals surface area contributed by atoms with Crippen LogP contribution < -0.4 is 21.3 Å². The van der Waals surface area contributed by atoms with E-state index >= 15 is 0 Å². The van der Waals surface area contributed by atoms with Crippen molar-refractivity contribution in [2.24, 2.45) is 22.7 Å². The third kappa shape index (κ3) is 9.08. The standard InChI is InChI=1S/C37H62N6O7S/c1-7-8-15-26(29(44)32(46)38-24-16-17-24)39-31(45)28-27-25(36(27,5)6)22-43(28)33(47)30(35(2,3)4)40-34(48)41-37(18-11-9-12-19-37)23-51(49,50)42-20-13-10-14-21-42/h24-28,30H,7-23H2,1-6H3,(H,38,46)(H,39,45)(H2,40,41,48)/t25-,26-,27-,28-,30+/m0/s1. The summed E-state index contributed by atoms with van der Waals surface area (Å²) in [5, 5.41) is 11.6. The molecule has 2 heterocycles. The monoisotopic (exact) mass is 734 g/mol. The number of ketones is 1. The summed E-state index contributed by atoms with van der Waals surface area (Å²) in [4.78, 5) is 70.0. The normalized spacial score (nSPS) is 27.0. The molecular weight excluding hydrogens is 673 g/mol. The van der Waals surface area contributed by atoms with Crippen LogP contribution in [0.3, 0.4) is 0 Å². The quantitative estimate of drug-likeness (QED) is 0.198. The van der Waals surface area contributed by atoms with Crippen molar-refractivity contribution in [3.8, 4) is 0 Å². The molecule has 14 heteroatoms. The van der Waals surface area contributed by atoms with Crippen LogP contribution in [-0.2, 0) is 29.2 Å². The van der Waals surface area contributed by atoms with Crippen molar-refractivity contribution in [3.05, 3.63) is 0 Å². The molecule has 13 nitrogen and oxygen atoms in total. The maximum absolute atomic E-state index is 14.5. The number of amides is 5. The number of Topliss-reactive ketones (excluding diaryl/α,β-unsaturated/α-hetero) is 1. The van der Waals surface area contributed by atoms with Crippen molar-refractivity contribution >= 4 is 39.6 Å². The third-order valence-corrected chi connectivity index (χ3v) is 14.2. The van der Waals surface area contributed by atoms with E-state index in [2.05, 4.69) is 35.1 Å². The van der Waals surface area contributed by atoms with E-state index in [1.807, 2.05) is 27.7 Å². The van der Waals surface area contributed by atoms with Gasteiger partial charge in [0.1, 0.15) is 12.1 Å². The summed E-state index contributed by atoms with van der Waals surface area (Å²) in [6.45, 7) is 13.0. The van der Waals surface area contributed by atoms with Crippen molar-refractivity contribution in [2.75, 3.05) is 25.4 Å². The topological polar surface area (TPSA) is 174 Å². The number of piperidine rings is 2. The predicted octanol–water partition coefficient (Wildman–Crippen LogP) is 3.22. The Hall–Kier alpha value is -2.74. The first-order chi connectivity index (χ1) is 23.9. The van der Waals surface area contributed by atoms with Crippen LogP contribution in [0.1, 0.15) is 125 Å². The maximum atomic E-state index is 14.5. The summed E-state index contributed by atoms with van der Waals surface area (Å²) in [5.41, 5.74) is -1.89. The van der Waals surface area contributed by atoms with Crippen molar-refractivity contribution < 1.29 is 32.4 Å². The summed E-state index contributed by atoms with van der Waals surface area (Å²) in [7, 11) is -3.61. The van der Waals surface area contributed by atoms with Gasteiger partial charge in [-0.25, -0.2) is 17.5 Å². The van der Waals surface area contributed by atoms with E-state index < -0.39 is 68.6 Å². The number of unbranched alkanes of at least 4 members (excludes halogenated alkanes) is 1. The molecule has 0 aromatic carbocycles. The molecule has 5 rings (SSSR count). The molecule has 2 saturated heterocycles. The van der Waals surface area contributed by atoms with Crippen LogP contribution in [0.5, 0.6) is 0 Å². The molecule has 5 amide bonds. The first kappa shape index (κ1) is 39.5. The number of fused-ring (bicyclic) bond motifs is 1. The molecule has 2 aliphatic heterocycles. The Bertz CT molecular complexity index is 1440. The number of sulfonamides is 1. The van der Waals surface area contributed by atoms with Crippen molar-refractivity contribution in [2.45, 2.75) is 155 Å². The number of nitrogens with one attached hydrogen (secondary N) is 4. The number of likely N-dealkylation sites (tertiary alicyclic amines) is 1. The van der Waals surface area contributed by atoms with E-state index in [1.54, 1.807) is 9.21 Å². The Morgan fingerprint density at radius 2 is 1.53 bits per heavy atom. The van der Waals surface area contributed by atoms with Gasteiger partial charge in [0.25, 0.3) is 5.91 Å². The Labute approximate surface area is 304 Å². The first-order valence-electron chi connectivity index (χ1n) is 19.4. The first-order valence-corrected chi connectivity index (χ1v) is 21.0. The lowest BCUT2D eigenvalue weighted by atomic mass is 9.83. The molecule has 5 aliphatic rings. The van der Waals surface area contributed by atoms with Gasteiger partial charge in [0, 0.05) is 25.7 Å². The number of urea groups is 1. The highest BCUT2D eigenvalue weighted by atomic mass is 32.2. The summed E-state index contributed by atoms with van der Waals surface area (Å²) in [5.74, 6) is -2.46. The van der Waals surface area contributed by atoms with Gasteiger partial charge >= 0.3 is 6.03 Å². The number of carbonyl (C=O) groups excluding carboxylic acids is 5. The van der Waals surface area contributed by atoms with Crippen molar-refractivity contribution in [3.63, 3.8) is 0 Å². The van der Waals surface area contributed by atoms with E-state index in [1.165, 1.54) is 0 Å². The molecule has 0 aromatic rings. The largest absolute Gasteiger partial charge is 0.347 e. The molecule has 3 saturated carbocycles. The van der Waals surface area contributed by atoms with Gasteiger partial charge in [0.15, 0.2) is 0 Å². The van der Waals surface area contributed by atoms with Gasteiger partial charge in [-0.1, -0.05) is 80.1 Å². The Balaban J connectivity index is 1.32. The second-order valence-electron chi connectivity index (χ2n) is 17.7. The van der Waals surface area contributed by atoms with Crippen LogP contribution in [0.25, 0.3) is 0 Å². The van der Waals surface area contributed by atoms with E-state index in [0.717, 1.165) is 57.8 Å². The molecule has 0 aromatic heterocycles. The zero-order valence-electron chi connectivity index (χ0n) is 31.6. The highest BCUT2D eigenvalue weighted by Crippen LogP contribution is 2.65. The molecule has 5 fully saturated rings. The minimum Gasteiger partial charge on any atom is -0.347 e. The second-order valence-corrected chi connectivity index (χ2v) is 19.6. The summed E-state index contributed by atoms with van der Waals surface area (Å²) < 4.78 is 28.7. The van der Waals surface area contributed by atoms with Crippen LogP contribution >= 0.6 is 0 Å². The van der Waals surface area contributed by atoms with Gasteiger partial charge in [-0.2, -0.15) is 0 Å². The van der Waals surface area contributed by atoms with E-state index in [4.69, 9.17) is 0 Å². The average Bonchev–Trinajstić information content (AvgIpc) is 3.92. The second kappa shape index (κ2) is 15.3. The molecule has 0 spiro atoms. The molecule has 51 heavy (non-hydrogen) atoms. The highest BCUT2D eigenvalue weighted by molar-refractivity contribution is 7.89. The number of rotatable bonds is 14. The van der Waals surface area contributed by atoms with Gasteiger partial charge in [-0.3, -0.25) is 19.2 Å². The highest BCUT2D eigenvalue weighted by Gasteiger charge is 2.70. The van der Waals surface area contributed by atoms with Gasteiger partial charge in [0.05, 0.1) is 17.3 Å². The fourth-order valence-electron chi connectivity index (χ4n) is 8.73. The van der Waals surface area contributed by atoms with Gasteiger partial charge in [0.2, 0.25) is 27.6 Å². The summed E-state index contributed by atoms with van der Waals surface area (Å²) in [6, 6.07) is -3.48. The Morgan fingerprint density at radius 3 is 2.12 bits per heavy atom. The molecule has 5 atom stereocenters. The van der Waals surface area contributed by atoms with E-state index in [9.17, 15) is 32.4 Å². The molecule has 3 aliphatic carbocycles. The van der Waals surface area contributed by atoms with Gasteiger partial charge < -0.3 is 26.2 Å². The SMILES string of the molecule is CCCC[C@H](NC(=O)[C@@H]1[C@@H]2[C@H](CN1C(=O)[C@@H](NC(=O)NC1(CS(=O)(=O)N3CCCCC3)CCCCC1)C(C)(C)C)C2(C)C)C(=O)C(=O)NC1CC1. The van der Waals surface area contributed by atoms with Crippen LogP contribution in [0.4, 0.5) is 4.79 Å². The fraction of sp³-hybridized carbons (Fsp3) is 0.865. The van der Waals surface area contributed by atoms with Gasteiger partial charge in [-0.15, -0.1) is 0 Å². The molecule has 0 unspecified atom stereocenters. The van der Waals surface area contributed by atoms with E-state index in [0.29, 0.717) is 45.3 Å². The Morgan fingerprint density at radius 1 is 0.902 bits per heavy atom. The van der Waals surface area contributed by atoms with Crippen LogP contribution in [0.2, 0.25) is 0 Å². The molecular formula is C37H62N6O7S. The molecule has 4 N–H and O–H groups in total. The Kier molecular flexibility index (Phi) is 11.9. The van der Waals surface area contributed by atoms with Crippen molar-refractivity contribution in [1.82, 2.24) is 30.5 Å². The number of carbonyl (C=O) groups is 5. The number of nitrogens with zero attached hydrogens (tertiary/aromatic N) is 2. The van der Waals surface area contributed by atoms with Gasteiger partial charge in [-0.05, 0) is 67.6 Å². The number of hydrogen-bond acceptors (Lipinski definition) is 7. The lowest BCUT2D eigenvalue weighted by molar-refractivity contribution is -0.145. The van der Waals surface area contributed by atoms with Crippen LogP contribution in [0, 0.1) is 22.7 Å². The van der Waals surface area contributed by atoms with Crippen molar-refractivity contribution in [1.29, 1.82) is 0 Å². The smallest absolute Gasteiger partial charge is 0.315 e. The summed E-state index contributed by atoms with van der Waals surface area (Å²) in [6.07, 6.45) is 9.70.